The van der Waals surface area contributed by atoms with Gasteiger partial charge < -0.3 is 5.73 Å². The van der Waals surface area contributed by atoms with E-state index in [1.807, 2.05) is 11.8 Å². The Morgan fingerprint density at radius 1 is 1.38 bits per heavy atom. The van der Waals surface area contributed by atoms with Gasteiger partial charge in [0.2, 0.25) is 5.96 Å². The van der Waals surface area contributed by atoms with Gasteiger partial charge in [0.25, 0.3) is 10.0 Å². The summed E-state index contributed by atoms with van der Waals surface area (Å²) in [4.78, 5) is 1.92. The summed E-state index contributed by atoms with van der Waals surface area (Å²) in [6.45, 7) is 1.84. The number of hydroxylamine groups is 1. The van der Waals surface area contributed by atoms with Crippen LogP contribution in [0.15, 0.2) is 34.3 Å². The molecule has 88 valence electrons. The number of hydrogen-bond acceptors (Lipinski definition) is 4. The largest absolute Gasteiger partial charge is 0.367 e. The molecule has 0 saturated heterocycles. The lowest BCUT2D eigenvalue weighted by molar-refractivity contribution is 0.232. The van der Waals surface area contributed by atoms with E-state index in [0.29, 0.717) is 0 Å². The molecule has 7 nitrogen and oxygen atoms in total. The normalized spacial score (nSPS) is 12.2. The van der Waals surface area contributed by atoms with E-state index in [0.717, 1.165) is 5.56 Å². The Hall–Kier alpha value is -1.80. The van der Waals surface area contributed by atoms with Crippen LogP contribution in [0.2, 0.25) is 0 Å². The zero-order valence-electron chi connectivity index (χ0n) is 8.51. The summed E-state index contributed by atoms with van der Waals surface area (Å²) in [6.07, 6.45) is 0. The van der Waals surface area contributed by atoms with Gasteiger partial charge in [-0.3, -0.25) is 5.21 Å². The first-order chi connectivity index (χ1) is 7.45. The van der Waals surface area contributed by atoms with Crippen LogP contribution in [-0.2, 0) is 10.0 Å². The van der Waals surface area contributed by atoms with Crippen molar-refractivity contribution in [1.82, 2.24) is 10.3 Å². The minimum atomic E-state index is -3.75. The summed E-state index contributed by atoms with van der Waals surface area (Å²) >= 11 is 0. The Morgan fingerprint density at radius 2 is 1.94 bits per heavy atom. The zero-order chi connectivity index (χ0) is 12.2. The molecular weight excluding hydrogens is 232 g/mol. The fourth-order valence-electron chi connectivity index (χ4n) is 0.904. The number of benzene rings is 1. The first-order valence-corrected chi connectivity index (χ1v) is 5.76. The molecule has 16 heavy (non-hydrogen) atoms. The molecule has 0 aromatic heterocycles. The number of sulfonamides is 1. The topological polar surface area (TPSA) is 117 Å². The first-order valence-electron chi connectivity index (χ1n) is 4.27. The molecule has 0 radical (unpaired) electrons. The van der Waals surface area contributed by atoms with E-state index in [1.165, 1.54) is 17.6 Å². The van der Waals surface area contributed by atoms with Gasteiger partial charge in [-0.05, 0) is 19.1 Å². The SMILES string of the molecule is Cc1ccc(S(=O)(=O)N/N=C(\N)NO)cc1. The van der Waals surface area contributed by atoms with E-state index in [1.54, 1.807) is 12.1 Å². The van der Waals surface area contributed by atoms with E-state index in [-0.39, 0.29) is 4.90 Å². The highest BCUT2D eigenvalue weighted by molar-refractivity contribution is 7.89. The molecule has 0 aliphatic carbocycles. The lowest BCUT2D eigenvalue weighted by Crippen LogP contribution is -2.32. The molecule has 0 fully saturated rings. The molecule has 1 aromatic rings. The van der Waals surface area contributed by atoms with E-state index in [2.05, 4.69) is 5.10 Å². The zero-order valence-corrected chi connectivity index (χ0v) is 9.32. The maximum Gasteiger partial charge on any atom is 0.276 e. The van der Waals surface area contributed by atoms with Crippen molar-refractivity contribution >= 4 is 16.0 Å². The summed E-state index contributed by atoms with van der Waals surface area (Å²) in [5.41, 5.74) is 7.49. The summed E-state index contributed by atoms with van der Waals surface area (Å²) in [7, 11) is -3.75. The second-order valence-electron chi connectivity index (χ2n) is 3.02. The van der Waals surface area contributed by atoms with Crippen LogP contribution in [0.4, 0.5) is 0 Å². The van der Waals surface area contributed by atoms with Crippen molar-refractivity contribution in [1.29, 1.82) is 0 Å². The van der Waals surface area contributed by atoms with E-state index in [4.69, 9.17) is 10.9 Å². The highest BCUT2D eigenvalue weighted by atomic mass is 32.2. The molecular formula is C8H12N4O3S. The van der Waals surface area contributed by atoms with Gasteiger partial charge in [-0.1, -0.05) is 17.7 Å². The lowest BCUT2D eigenvalue weighted by atomic mass is 10.2. The van der Waals surface area contributed by atoms with Crippen LogP contribution in [0.5, 0.6) is 0 Å². The summed E-state index contributed by atoms with van der Waals surface area (Å²) in [6, 6.07) is 6.20. The molecule has 1 aromatic carbocycles. The number of aryl methyl sites for hydroxylation is 1. The van der Waals surface area contributed by atoms with Gasteiger partial charge in [0.15, 0.2) is 0 Å². The maximum absolute atomic E-state index is 11.6. The van der Waals surface area contributed by atoms with Crippen LogP contribution in [0, 0.1) is 6.92 Å². The highest BCUT2D eigenvalue weighted by Gasteiger charge is 2.12. The monoisotopic (exact) mass is 244 g/mol. The third-order valence-electron chi connectivity index (χ3n) is 1.73. The van der Waals surface area contributed by atoms with E-state index >= 15 is 0 Å². The standard InChI is InChI=1S/C8H12N4O3S/c1-6-2-4-7(5-3-6)16(14,15)12-10-8(9)11-13/h2-5,12-13H,1H3,(H3,9,10,11). The molecule has 1 rings (SSSR count). The van der Waals surface area contributed by atoms with E-state index in [9.17, 15) is 8.42 Å². The number of guanidine groups is 1. The predicted molar refractivity (Wildman–Crippen MR) is 58.0 cm³/mol. The van der Waals surface area contributed by atoms with E-state index < -0.39 is 16.0 Å². The van der Waals surface area contributed by atoms with Crippen molar-refractivity contribution in [3.8, 4) is 0 Å². The van der Waals surface area contributed by atoms with Gasteiger partial charge in [-0.15, -0.1) is 5.10 Å². The molecule has 0 spiro atoms. The van der Waals surface area contributed by atoms with Crippen molar-refractivity contribution in [2.24, 2.45) is 10.8 Å². The van der Waals surface area contributed by atoms with Gasteiger partial charge in [0.1, 0.15) is 0 Å². The molecule has 0 saturated carbocycles. The Balaban J connectivity index is 2.91. The average Bonchev–Trinajstić information content (AvgIpc) is 2.26. The molecule has 0 aliphatic rings. The molecule has 5 N–H and O–H groups in total. The molecule has 0 aliphatic heterocycles. The molecule has 0 amide bonds. The van der Waals surface area contributed by atoms with Crippen molar-refractivity contribution in [3.63, 3.8) is 0 Å². The van der Waals surface area contributed by atoms with Crippen molar-refractivity contribution in [2.75, 3.05) is 0 Å². The minimum Gasteiger partial charge on any atom is -0.367 e. The summed E-state index contributed by atoms with van der Waals surface area (Å²) in [5, 5.41) is 11.5. The van der Waals surface area contributed by atoms with Crippen molar-refractivity contribution < 1.29 is 13.6 Å². The number of nitrogens with zero attached hydrogens (tertiary/aromatic N) is 1. The van der Waals surface area contributed by atoms with Gasteiger partial charge in [-0.2, -0.15) is 13.2 Å². The van der Waals surface area contributed by atoms with Gasteiger partial charge in [0, 0.05) is 0 Å². The summed E-state index contributed by atoms with van der Waals surface area (Å²) in [5.74, 6) is -0.448. The smallest absolute Gasteiger partial charge is 0.276 e. The number of rotatable bonds is 3. The lowest BCUT2D eigenvalue weighted by Gasteiger charge is -2.04. The highest BCUT2D eigenvalue weighted by Crippen LogP contribution is 2.09. The molecule has 0 atom stereocenters. The Kier molecular flexibility index (Phi) is 3.69. The maximum atomic E-state index is 11.6. The second-order valence-corrected chi connectivity index (χ2v) is 4.68. The number of hydrogen-bond donors (Lipinski definition) is 4. The summed E-state index contributed by atoms with van der Waals surface area (Å²) < 4.78 is 23.2. The van der Waals surface area contributed by atoms with Crippen LogP contribution < -0.4 is 16.0 Å². The van der Waals surface area contributed by atoms with Crippen LogP contribution in [0.25, 0.3) is 0 Å². The first kappa shape index (κ1) is 12.3. The molecule has 0 unspecified atom stereocenters. The van der Waals surface area contributed by atoms with Crippen LogP contribution in [0.3, 0.4) is 0 Å². The second kappa shape index (κ2) is 4.81. The quantitative estimate of drug-likeness (QED) is 0.324. The molecule has 0 bridgehead atoms. The fraction of sp³-hybridized carbons (Fsp3) is 0.125. The van der Waals surface area contributed by atoms with Gasteiger partial charge >= 0.3 is 0 Å². The predicted octanol–water partition coefficient (Wildman–Crippen LogP) is -0.518. The van der Waals surface area contributed by atoms with Crippen molar-refractivity contribution in [3.05, 3.63) is 29.8 Å². The van der Waals surface area contributed by atoms with Gasteiger partial charge in [0.05, 0.1) is 4.90 Å². The third-order valence-corrected chi connectivity index (χ3v) is 2.96. The number of hydrazone groups is 1. The van der Waals surface area contributed by atoms with Crippen LogP contribution in [-0.4, -0.2) is 19.6 Å². The number of nitrogens with one attached hydrogen (secondary N) is 2. The molecule has 0 heterocycles. The van der Waals surface area contributed by atoms with Gasteiger partial charge in [-0.25, -0.2) is 5.48 Å². The van der Waals surface area contributed by atoms with Crippen molar-refractivity contribution in [2.45, 2.75) is 11.8 Å². The number of nitrogens with two attached hydrogens (primary N) is 1. The Bertz CT molecular complexity index is 481. The van der Waals surface area contributed by atoms with Crippen LogP contribution >= 0.6 is 0 Å². The average molecular weight is 244 g/mol. The third kappa shape index (κ3) is 3.11. The Labute approximate surface area is 93.0 Å². The van der Waals surface area contributed by atoms with Crippen LogP contribution in [0.1, 0.15) is 5.56 Å². The fourth-order valence-corrected chi connectivity index (χ4v) is 1.72. The molecule has 8 heteroatoms. The Morgan fingerprint density at radius 3 is 2.44 bits per heavy atom. The minimum absolute atomic E-state index is 0.0626.